The summed E-state index contributed by atoms with van der Waals surface area (Å²) in [5.41, 5.74) is 4.46. The number of aryl methyl sites for hydroxylation is 3. The van der Waals surface area contributed by atoms with E-state index < -0.39 is 0 Å². The number of methoxy groups -OCH3 is 1. The number of carbonyl (C=O) groups is 1. The van der Waals surface area contributed by atoms with Crippen LogP contribution in [0.15, 0.2) is 30.3 Å². The van der Waals surface area contributed by atoms with Crippen LogP contribution in [0.2, 0.25) is 0 Å². The van der Waals surface area contributed by atoms with Crippen molar-refractivity contribution in [3.05, 3.63) is 52.6 Å². The quantitative estimate of drug-likeness (QED) is 0.492. The second-order valence-electron chi connectivity index (χ2n) is 6.15. The fraction of sp³-hybridized carbons (Fsp3) is 0.409. The van der Waals surface area contributed by atoms with Crippen molar-refractivity contribution in [2.75, 3.05) is 7.11 Å². The Morgan fingerprint density at radius 3 is 2.27 bits per heavy atom. The van der Waals surface area contributed by atoms with Gasteiger partial charge in [-0.2, -0.15) is 0 Å². The van der Waals surface area contributed by atoms with E-state index in [2.05, 4.69) is 32.9 Å². The molecule has 0 aromatic heterocycles. The molecule has 4 nitrogen and oxygen atoms in total. The van der Waals surface area contributed by atoms with Crippen molar-refractivity contribution < 1.29 is 19.0 Å². The Kier molecular flexibility index (Phi) is 7.07. The Morgan fingerprint density at radius 2 is 1.65 bits per heavy atom. The van der Waals surface area contributed by atoms with Crippen LogP contribution in [-0.2, 0) is 24.2 Å². The van der Waals surface area contributed by atoms with Gasteiger partial charge >= 0.3 is 5.97 Å². The van der Waals surface area contributed by atoms with Crippen LogP contribution < -0.4 is 14.2 Å². The molecule has 0 aliphatic rings. The molecule has 2 rings (SSSR count). The average molecular weight is 356 g/mol. The molecule has 0 unspecified atom stereocenters. The third-order valence-corrected chi connectivity index (χ3v) is 4.48. The number of hydrogen-bond acceptors (Lipinski definition) is 4. The second-order valence-corrected chi connectivity index (χ2v) is 6.15. The Bertz CT molecular complexity index is 765. The van der Waals surface area contributed by atoms with Crippen LogP contribution in [0.3, 0.4) is 0 Å². The largest absolute Gasteiger partial charge is 0.496 e. The van der Waals surface area contributed by atoms with Gasteiger partial charge in [-0.05, 0) is 54.7 Å². The maximum atomic E-state index is 11.7. The van der Waals surface area contributed by atoms with E-state index >= 15 is 0 Å². The van der Waals surface area contributed by atoms with Crippen molar-refractivity contribution in [1.29, 1.82) is 0 Å². The van der Waals surface area contributed by atoms with Gasteiger partial charge in [0, 0.05) is 6.42 Å². The molecule has 0 atom stereocenters. The van der Waals surface area contributed by atoms with Crippen LogP contribution in [-0.4, -0.2) is 13.1 Å². The molecule has 0 fully saturated rings. The van der Waals surface area contributed by atoms with Crippen LogP contribution in [0.5, 0.6) is 17.2 Å². The number of hydrogen-bond donors (Lipinski definition) is 0. The van der Waals surface area contributed by atoms with E-state index in [9.17, 15) is 4.79 Å². The van der Waals surface area contributed by atoms with Gasteiger partial charge in [0.25, 0.3) is 0 Å². The van der Waals surface area contributed by atoms with Crippen molar-refractivity contribution in [3.8, 4) is 17.2 Å². The number of benzene rings is 2. The highest BCUT2D eigenvalue weighted by Crippen LogP contribution is 2.32. The van der Waals surface area contributed by atoms with Gasteiger partial charge < -0.3 is 14.2 Å². The molecule has 2 aromatic carbocycles. The number of carbonyl (C=O) groups excluding carboxylic acids is 1. The Hall–Kier alpha value is -2.49. The molecule has 0 spiro atoms. The lowest BCUT2D eigenvalue weighted by molar-refractivity contribution is -0.134. The lowest BCUT2D eigenvalue weighted by Crippen LogP contribution is -2.10. The van der Waals surface area contributed by atoms with Gasteiger partial charge in [0.15, 0.2) is 0 Å². The van der Waals surface area contributed by atoms with Gasteiger partial charge in [0.05, 0.1) is 12.7 Å². The summed E-state index contributed by atoms with van der Waals surface area (Å²) in [4.78, 5) is 11.7. The van der Waals surface area contributed by atoms with Crippen LogP contribution in [0.4, 0.5) is 0 Å². The van der Waals surface area contributed by atoms with Gasteiger partial charge in [0.2, 0.25) is 0 Å². The maximum Gasteiger partial charge on any atom is 0.310 e. The fourth-order valence-corrected chi connectivity index (χ4v) is 2.89. The molecule has 0 saturated heterocycles. The molecule has 2 aromatic rings. The Labute approximate surface area is 156 Å². The third kappa shape index (κ3) is 4.57. The van der Waals surface area contributed by atoms with E-state index in [0.29, 0.717) is 17.9 Å². The van der Waals surface area contributed by atoms with E-state index in [1.165, 1.54) is 16.7 Å². The van der Waals surface area contributed by atoms with Gasteiger partial charge in [0.1, 0.15) is 23.9 Å². The molecule has 0 N–H and O–H groups in total. The predicted octanol–water partition coefficient (Wildman–Crippen LogP) is 5.02. The van der Waals surface area contributed by atoms with Crippen molar-refractivity contribution in [2.45, 2.75) is 53.6 Å². The highest BCUT2D eigenvalue weighted by Gasteiger charge is 2.15. The summed E-state index contributed by atoms with van der Waals surface area (Å²) >= 11 is 0. The smallest absolute Gasteiger partial charge is 0.310 e. The van der Waals surface area contributed by atoms with Crippen LogP contribution in [0.1, 0.15) is 49.4 Å². The molecule has 26 heavy (non-hydrogen) atoms. The summed E-state index contributed by atoms with van der Waals surface area (Å²) in [6.07, 6.45) is 2.21. The summed E-state index contributed by atoms with van der Waals surface area (Å²) < 4.78 is 17.0. The number of ether oxygens (including phenoxy) is 3. The van der Waals surface area contributed by atoms with Crippen LogP contribution in [0.25, 0.3) is 0 Å². The first kappa shape index (κ1) is 19.8. The van der Waals surface area contributed by atoms with Gasteiger partial charge in [-0.3, -0.25) is 4.79 Å². The molecule has 0 amide bonds. The minimum atomic E-state index is -0.281. The molecular formula is C22H28O4. The maximum absolute atomic E-state index is 11.7. The molecule has 0 saturated carbocycles. The van der Waals surface area contributed by atoms with E-state index in [1.807, 2.05) is 6.07 Å². The number of esters is 1. The lowest BCUT2D eigenvalue weighted by atomic mass is 10.0. The predicted molar refractivity (Wildman–Crippen MR) is 103 cm³/mol. The highest BCUT2D eigenvalue weighted by atomic mass is 16.5. The van der Waals surface area contributed by atoms with Gasteiger partial charge in [-0.1, -0.05) is 32.9 Å². The lowest BCUT2D eigenvalue weighted by Gasteiger charge is -2.17. The van der Waals surface area contributed by atoms with Crippen LogP contribution in [0, 0.1) is 6.92 Å². The first-order chi connectivity index (χ1) is 12.5. The zero-order chi connectivity index (χ0) is 19.1. The van der Waals surface area contributed by atoms with Crippen molar-refractivity contribution >= 4 is 5.97 Å². The Morgan fingerprint density at radius 1 is 0.962 bits per heavy atom. The summed E-state index contributed by atoms with van der Waals surface area (Å²) in [6, 6.07) is 9.71. The minimum absolute atomic E-state index is 0.272. The summed E-state index contributed by atoms with van der Waals surface area (Å²) in [5, 5.41) is 0. The summed E-state index contributed by atoms with van der Waals surface area (Å²) in [5.74, 6) is 1.71. The van der Waals surface area contributed by atoms with Crippen molar-refractivity contribution in [1.82, 2.24) is 0 Å². The van der Waals surface area contributed by atoms with Gasteiger partial charge in [-0.15, -0.1) is 0 Å². The third-order valence-electron chi connectivity index (χ3n) is 4.48. The SMILES string of the molecule is CCC(=O)Oc1cccc(OC)c1COc1cc(C)c(CC)cc1CC. The normalized spacial score (nSPS) is 10.5. The monoisotopic (exact) mass is 356 g/mol. The van der Waals surface area contributed by atoms with E-state index in [1.54, 1.807) is 26.2 Å². The van der Waals surface area contributed by atoms with Gasteiger partial charge in [-0.25, -0.2) is 0 Å². The van der Waals surface area contributed by atoms with Crippen LogP contribution >= 0.6 is 0 Å². The standard InChI is InChI=1S/C22H28O4/c1-6-16-13-17(7-2)21(12-15(16)4)25-14-18-19(24-5)10-9-11-20(18)26-22(23)8-3/h9-13H,6-8,14H2,1-5H3. The molecule has 0 bridgehead atoms. The summed E-state index contributed by atoms with van der Waals surface area (Å²) in [7, 11) is 1.60. The van der Waals surface area contributed by atoms with E-state index in [4.69, 9.17) is 14.2 Å². The second kappa shape index (κ2) is 9.27. The molecule has 0 radical (unpaired) electrons. The van der Waals surface area contributed by atoms with E-state index in [0.717, 1.165) is 24.2 Å². The molecule has 0 aliphatic heterocycles. The minimum Gasteiger partial charge on any atom is -0.496 e. The molecule has 0 aliphatic carbocycles. The topological polar surface area (TPSA) is 44.8 Å². The van der Waals surface area contributed by atoms with E-state index in [-0.39, 0.29) is 12.6 Å². The zero-order valence-electron chi connectivity index (χ0n) is 16.3. The Balaban J connectivity index is 2.31. The molecule has 140 valence electrons. The molecular weight excluding hydrogens is 328 g/mol. The summed E-state index contributed by atoms with van der Waals surface area (Å²) in [6.45, 7) is 8.42. The number of rotatable bonds is 8. The molecule has 0 heterocycles. The average Bonchev–Trinajstić information content (AvgIpc) is 2.66. The first-order valence-corrected chi connectivity index (χ1v) is 9.15. The molecule has 4 heteroatoms. The highest BCUT2D eigenvalue weighted by molar-refractivity contribution is 5.72. The van der Waals surface area contributed by atoms with Crippen molar-refractivity contribution in [2.24, 2.45) is 0 Å². The first-order valence-electron chi connectivity index (χ1n) is 9.15. The zero-order valence-corrected chi connectivity index (χ0v) is 16.3. The van der Waals surface area contributed by atoms with Crippen molar-refractivity contribution in [3.63, 3.8) is 0 Å². The fourth-order valence-electron chi connectivity index (χ4n) is 2.89.